The standard InChI is InChI=1S/C14H20N2O3S/c1-2-3-12-15-9-11(20-12)14(19)16-6-4-10(5-7-16)8-13(17)18/h9-10H,2-8H2,1H3,(H,17,18). The Labute approximate surface area is 122 Å². The number of rotatable bonds is 5. The maximum atomic E-state index is 12.3. The van der Waals surface area contributed by atoms with Crippen LogP contribution in [0.25, 0.3) is 0 Å². The van der Waals surface area contributed by atoms with Crippen LogP contribution >= 0.6 is 11.3 Å². The predicted molar refractivity (Wildman–Crippen MR) is 77.0 cm³/mol. The number of carbonyl (C=O) groups excluding carboxylic acids is 1. The SMILES string of the molecule is CCCc1ncc(C(=O)N2CCC(CC(=O)O)CC2)s1. The Hall–Kier alpha value is -1.43. The molecule has 1 aliphatic rings. The Bertz CT molecular complexity index is 479. The predicted octanol–water partition coefficient (Wildman–Crippen LogP) is 2.42. The first kappa shape index (κ1) is 15.0. The van der Waals surface area contributed by atoms with Crippen molar-refractivity contribution in [2.75, 3.05) is 13.1 Å². The zero-order chi connectivity index (χ0) is 14.5. The van der Waals surface area contributed by atoms with Crippen LogP contribution in [0.5, 0.6) is 0 Å². The lowest BCUT2D eigenvalue weighted by atomic mass is 9.93. The normalized spacial score (nSPS) is 16.4. The molecule has 1 aromatic heterocycles. The number of carboxylic acid groups (broad SMARTS) is 1. The minimum Gasteiger partial charge on any atom is -0.481 e. The number of carboxylic acids is 1. The molecule has 0 unspecified atom stereocenters. The number of nitrogens with zero attached hydrogens (tertiary/aromatic N) is 2. The Balaban J connectivity index is 1.89. The first-order chi connectivity index (χ1) is 9.60. The summed E-state index contributed by atoms with van der Waals surface area (Å²) >= 11 is 1.47. The van der Waals surface area contributed by atoms with Gasteiger partial charge in [0.2, 0.25) is 0 Å². The highest BCUT2D eigenvalue weighted by atomic mass is 32.1. The van der Waals surface area contributed by atoms with Gasteiger partial charge in [-0.15, -0.1) is 11.3 Å². The largest absolute Gasteiger partial charge is 0.481 e. The molecule has 1 aromatic rings. The highest BCUT2D eigenvalue weighted by Gasteiger charge is 2.25. The Morgan fingerprint density at radius 3 is 2.75 bits per heavy atom. The molecule has 0 aromatic carbocycles. The molecule has 5 nitrogen and oxygen atoms in total. The van der Waals surface area contributed by atoms with Crippen molar-refractivity contribution in [3.05, 3.63) is 16.1 Å². The van der Waals surface area contributed by atoms with E-state index >= 15 is 0 Å². The van der Waals surface area contributed by atoms with Gasteiger partial charge < -0.3 is 10.0 Å². The number of aliphatic carboxylic acids is 1. The number of aryl methyl sites for hydroxylation is 1. The number of carbonyl (C=O) groups is 2. The van der Waals surface area contributed by atoms with Crippen LogP contribution in [0.4, 0.5) is 0 Å². The molecule has 1 amide bonds. The molecular weight excluding hydrogens is 276 g/mol. The molecule has 6 heteroatoms. The summed E-state index contributed by atoms with van der Waals surface area (Å²) in [4.78, 5) is 29.8. The van der Waals surface area contributed by atoms with Gasteiger partial charge >= 0.3 is 5.97 Å². The van der Waals surface area contributed by atoms with Gasteiger partial charge in [-0.3, -0.25) is 9.59 Å². The fourth-order valence-electron chi connectivity index (χ4n) is 2.48. The fraction of sp³-hybridized carbons (Fsp3) is 0.643. The van der Waals surface area contributed by atoms with Crippen molar-refractivity contribution in [1.82, 2.24) is 9.88 Å². The van der Waals surface area contributed by atoms with Crippen LogP contribution in [-0.4, -0.2) is 40.0 Å². The van der Waals surface area contributed by atoms with Gasteiger partial charge in [0.15, 0.2) is 0 Å². The summed E-state index contributed by atoms with van der Waals surface area (Å²) in [7, 11) is 0. The molecule has 0 bridgehead atoms. The topological polar surface area (TPSA) is 70.5 Å². The third kappa shape index (κ3) is 3.79. The number of hydrogen-bond acceptors (Lipinski definition) is 4. The maximum absolute atomic E-state index is 12.3. The summed E-state index contributed by atoms with van der Waals surface area (Å²) in [6.07, 6.45) is 5.38. The average Bonchev–Trinajstić information content (AvgIpc) is 2.87. The summed E-state index contributed by atoms with van der Waals surface area (Å²) in [5.74, 6) is -0.506. The van der Waals surface area contributed by atoms with Crippen molar-refractivity contribution < 1.29 is 14.7 Å². The number of amides is 1. The first-order valence-electron chi connectivity index (χ1n) is 7.06. The third-order valence-corrected chi connectivity index (χ3v) is 4.64. The lowest BCUT2D eigenvalue weighted by Crippen LogP contribution is -2.38. The lowest BCUT2D eigenvalue weighted by Gasteiger charge is -2.30. The highest BCUT2D eigenvalue weighted by Crippen LogP contribution is 2.23. The highest BCUT2D eigenvalue weighted by molar-refractivity contribution is 7.13. The summed E-state index contributed by atoms with van der Waals surface area (Å²) in [5, 5.41) is 9.80. The van der Waals surface area contributed by atoms with Crippen LogP contribution in [0.1, 0.15) is 47.3 Å². The smallest absolute Gasteiger partial charge is 0.303 e. The third-order valence-electron chi connectivity index (χ3n) is 3.59. The Morgan fingerprint density at radius 2 is 2.15 bits per heavy atom. The molecule has 110 valence electrons. The Morgan fingerprint density at radius 1 is 1.45 bits per heavy atom. The van der Waals surface area contributed by atoms with Gasteiger partial charge in [-0.25, -0.2) is 4.98 Å². The van der Waals surface area contributed by atoms with Crippen LogP contribution in [0.2, 0.25) is 0 Å². The summed E-state index contributed by atoms with van der Waals surface area (Å²) in [6, 6.07) is 0. The zero-order valence-corrected chi connectivity index (χ0v) is 12.5. The molecule has 2 rings (SSSR count). The van der Waals surface area contributed by atoms with Crippen LogP contribution < -0.4 is 0 Å². The minimum atomic E-state index is -0.749. The van der Waals surface area contributed by atoms with Crippen molar-refractivity contribution in [3.63, 3.8) is 0 Å². The second-order valence-corrected chi connectivity index (χ2v) is 6.32. The van der Waals surface area contributed by atoms with Gasteiger partial charge in [-0.1, -0.05) is 6.92 Å². The van der Waals surface area contributed by atoms with Gasteiger partial charge in [0.25, 0.3) is 5.91 Å². The van der Waals surface area contributed by atoms with E-state index in [0.717, 1.165) is 30.7 Å². The number of piperidine rings is 1. The molecule has 2 heterocycles. The van der Waals surface area contributed by atoms with E-state index in [1.807, 2.05) is 4.90 Å². The van der Waals surface area contributed by atoms with E-state index < -0.39 is 5.97 Å². The quantitative estimate of drug-likeness (QED) is 0.906. The average molecular weight is 296 g/mol. The van der Waals surface area contributed by atoms with Crippen molar-refractivity contribution in [2.45, 2.75) is 39.0 Å². The van der Waals surface area contributed by atoms with Crippen LogP contribution in [0.15, 0.2) is 6.20 Å². The molecule has 1 aliphatic heterocycles. The van der Waals surface area contributed by atoms with Crippen LogP contribution in [0, 0.1) is 5.92 Å². The van der Waals surface area contributed by atoms with Gasteiger partial charge in [-0.05, 0) is 31.6 Å². The molecule has 0 radical (unpaired) electrons. The number of thiazole rings is 1. The van der Waals surface area contributed by atoms with Crippen molar-refractivity contribution in [2.24, 2.45) is 5.92 Å². The molecule has 1 saturated heterocycles. The second kappa shape index (κ2) is 6.83. The first-order valence-corrected chi connectivity index (χ1v) is 7.87. The second-order valence-electron chi connectivity index (χ2n) is 5.20. The van der Waals surface area contributed by atoms with Gasteiger partial charge in [-0.2, -0.15) is 0 Å². The van der Waals surface area contributed by atoms with Crippen LogP contribution in [0.3, 0.4) is 0 Å². The van der Waals surface area contributed by atoms with E-state index in [1.165, 1.54) is 11.3 Å². The lowest BCUT2D eigenvalue weighted by molar-refractivity contribution is -0.138. The maximum Gasteiger partial charge on any atom is 0.303 e. The monoisotopic (exact) mass is 296 g/mol. The Kier molecular flexibility index (Phi) is 5.11. The molecule has 0 spiro atoms. The fourth-order valence-corrected chi connectivity index (χ4v) is 3.47. The van der Waals surface area contributed by atoms with Crippen molar-refractivity contribution in [3.8, 4) is 0 Å². The van der Waals surface area contributed by atoms with Gasteiger partial charge in [0.1, 0.15) is 4.88 Å². The van der Waals surface area contributed by atoms with Crippen molar-refractivity contribution in [1.29, 1.82) is 0 Å². The molecule has 20 heavy (non-hydrogen) atoms. The summed E-state index contributed by atoms with van der Waals surface area (Å²) < 4.78 is 0. The van der Waals surface area contributed by atoms with E-state index in [4.69, 9.17) is 5.11 Å². The molecule has 1 fully saturated rings. The summed E-state index contributed by atoms with van der Waals surface area (Å²) in [5.41, 5.74) is 0. The van der Waals surface area contributed by atoms with Gasteiger partial charge in [0, 0.05) is 19.5 Å². The molecule has 1 N–H and O–H groups in total. The van der Waals surface area contributed by atoms with Gasteiger partial charge in [0.05, 0.1) is 11.2 Å². The number of likely N-dealkylation sites (tertiary alicyclic amines) is 1. The number of hydrogen-bond donors (Lipinski definition) is 1. The minimum absolute atomic E-state index is 0.0404. The molecule has 0 saturated carbocycles. The number of aromatic nitrogens is 1. The van der Waals surface area contributed by atoms with E-state index in [2.05, 4.69) is 11.9 Å². The van der Waals surface area contributed by atoms with E-state index in [0.29, 0.717) is 18.0 Å². The van der Waals surface area contributed by atoms with E-state index in [9.17, 15) is 9.59 Å². The van der Waals surface area contributed by atoms with Crippen LogP contribution in [-0.2, 0) is 11.2 Å². The molecule has 0 aliphatic carbocycles. The van der Waals surface area contributed by atoms with Crippen molar-refractivity contribution >= 4 is 23.2 Å². The molecule has 0 atom stereocenters. The van der Waals surface area contributed by atoms with E-state index in [-0.39, 0.29) is 18.2 Å². The summed E-state index contributed by atoms with van der Waals surface area (Å²) in [6.45, 7) is 3.39. The molecular formula is C14H20N2O3S. The van der Waals surface area contributed by atoms with E-state index in [1.54, 1.807) is 6.20 Å². The zero-order valence-electron chi connectivity index (χ0n) is 11.7.